The Hall–Kier alpha value is -2.21. The van der Waals surface area contributed by atoms with Crippen LogP contribution in [0, 0.1) is 5.92 Å². The molecule has 0 bridgehead atoms. The maximum absolute atomic E-state index is 12.6. The Morgan fingerprint density at radius 3 is 2.54 bits per heavy atom. The number of nitrogens with one attached hydrogen (secondary N) is 2. The summed E-state index contributed by atoms with van der Waals surface area (Å²) >= 11 is 6.31. The van der Waals surface area contributed by atoms with E-state index in [1.54, 1.807) is 25.1 Å². The van der Waals surface area contributed by atoms with Crippen LogP contribution < -0.4 is 15.4 Å². The first kappa shape index (κ1) is 20.1. The van der Waals surface area contributed by atoms with E-state index in [9.17, 15) is 9.59 Å². The highest BCUT2D eigenvalue weighted by Crippen LogP contribution is 2.33. The van der Waals surface area contributed by atoms with Gasteiger partial charge in [-0.1, -0.05) is 31.5 Å². The Balaban J connectivity index is 2.35. The lowest BCUT2D eigenvalue weighted by Crippen LogP contribution is -2.45. The van der Waals surface area contributed by atoms with Crippen LogP contribution in [-0.4, -0.2) is 24.7 Å². The summed E-state index contributed by atoms with van der Waals surface area (Å²) in [6.45, 7) is 9.71. The fraction of sp³-hybridized carbons (Fsp3) is 0.474. The van der Waals surface area contributed by atoms with Gasteiger partial charge in [-0.25, -0.2) is 9.59 Å². The molecule has 7 heteroatoms. The lowest BCUT2D eigenvalue weighted by molar-refractivity contribution is -0.140. The molecule has 1 unspecified atom stereocenters. The topological polar surface area (TPSA) is 76.7 Å². The summed E-state index contributed by atoms with van der Waals surface area (Å²) in [5.41, 5.74) is 1.50. The van der Waals surface area contributed by atoms with E-state index in [0.29, 0.717) is 34.2 Å². The number of rotatable bonds is 6. The number of ether oxygens (including phenoxy) is 2. The van der Waals surface area contributed by atoms with Crippen molar-refractivity contribution in [3.63, 3.8) is 0 Å². The van der Waals surface area contributed by atoms with Crippen LogP contribution >= 0.6 is 11.6 Å². The molecule has 26 heavy (non-hydrogen) atoms. The van der Waals surface area contributed by atoms with Gasteiger partial charge in [-0.3, -0.25) is 0 Å². The number of carbonyl (C=O) groups is 2. The molecule has 2 rings (SSSR count). The van der Waals surface area contributed by atoms with E-state index in [4.69, 9.17) is 21.1 Å². The van der Waals surface area contributed by atoms with Gasteiger partial charge in [0.15, 0.2) is 0 Å². The second-order valence-corrected chi connectivity index (χ2v) is 7.33. The molecule has 1 aromatic carbocycles. The van der Waals surface area contributed by atoms with Crippen LogP contribution in [0.15, 0.2) is 29.5 Å². The average molecular weight is 381 g/mol. The molecule has 0 spiro atoms. The summed E-state index contributed by atoms with van der Waals surface area (Å²) in [5.74, 6) is 0.300. The molecule has 0 saturated carbocycles. The number of carbonyl (C=O) groups excluding carboxylic acids is 2. The van der Waals surface area contributed by atoms with Crippen LogP contribution in [0.1, 0.15) is 46.2 Å². The summed E-state index contributed by atoms with van der Waals surface area (Å²) in [5, 5.41) is 5.80. The van der Waals surface area contributed by atoms with Crippen LogP contribution in [0.3, 0.4) is 0 Å². The maximum Gasteiger partial charge on any atom is 0.338 e. The van der Waals surface area contributed by atoms with Crippen molar-refractivity contribution in [3.8, 4) is 5.75 Å². The fourth-order valence-corrected chi connectivity index (χ4v) is 2.81. The molecule has 1 aromatic rings. The van der Waals surface area contributed by atoms with Crippen molar-refractivity contribution in [2.45, 2.75) is 46.8 Å². The third-order valence-corrected chi connectivity index (χ3v) is 3.98. The van der Waals surface area contributed by atoms with Crippen LogP contribution in [0.25, 0.3) is 0 Å². The van der Waals surface area contributed by atoms with Gasteiger partial charge in [0.1, 0.15) is 5.75 Å². The van der Waals surface area contributed by atoms with Crippen molar-refractivity contribution >= 4 is 23.6 Å². The van der Waals surface area contributed by atoms with E-state index in [-0.39, 0.29) is 18.1 Å². The minimum Gasteiger partial charge on any atom is -0.489 e. The molecule has 2 amide bonds. The molecule has 0 fully saturated rings. The smallest absolute Gasteiger partial charge is 0.338 e. The van der Waals surface area contributed by atoms with Crippen LogP contribution in [0.5, 0.6) is 5.75 Å². The molecule has 1 atom stereocenters. The Morgan fingerprint density at radius 1 is 1.27 bits per heavy atom. The van der Waals surface area contributed by atoms with Gasteiger partial charge in [0.2, 0.25) is 0 Å². The van der Waals surface area contributed by atoms with Gasteiger partial charge in [-0.05, 0) is 44.4 Å². The quantitative estimate of drug-likeness (QED) is 0.732. The number of benzene rings is 1. The Labute approximate surface area is 158 Å². The number of urea groups is 1. The maximum atomic E-state index is 12.6. The third kappa shape index (κ3) is 4.91. The number of halogens is 1. The second-order valence-electron chi connectivity index (χ2n) is 6.92. The van der Waals surface area contributed by atoms with E-state index < -0.39 is 12.0 Å². The fourth-order valence-electron chi connectivity index (χ4n) is 2.58. The molecule has 142 valence electrons. The summed E-state index contributed by atoms with van der Waals surface area (Å²) in [4.78, 5) is 24.5. The first-order chi connectivity index (χ1) is 12.2. The highest BCUT2D eigenvalue weighted by Gasteiger charge is 2.32. The molecule has 0 aromatic heterocycles. The van der Waals surface area contributed by atoms with Crippen molar-refractivity contribution < 1.29 is 19.1 Å². The number of hydrogen-bond donors (Lipinski definition) is 2. The van der Waals surface area contributed by atoms with Crippen molar-refractivity contribution in [1.29, 1.82) is 0 Å². The molecule has 0 saturated heterocycles. The van der Waals surface area contributed by atoms with Crippen LogP contribution in [0.2, 0.25) is 5.02 Å². The van der Waals surface area contributed by atoms with Gasteiger partial charge in [0.25, 0.3) is 0 Å². The minimum absolute atomic E-state index is 0.0133. The highest BCUT2D eigenvalue weighted by molar-refractivity contribution is 6.32. The number of esters is 1. The zero-order chi connectivity index (χ0) is 19.4. The van der Waals surface area contributed by atoms with E-state index in [1.165, 1.54) is 0 Å². The largest absolute Gasteiger partial charge is 0.489 e. The van der Waals surface area contributed by atoms with Gasteiger partial charge in [-0.2, -0.15) is 0 Å². The highest BCUT2D eigenvalue weighted by atomic mass is 35.5. The van der Waals surface area contributed by atoms with Crippen molar-refractivity contribution in [2.24, 2.45) is 5.92 Å². The van der Waals surface area contributed by atoms with E-state index >= 15 is 0 Å². The minimum atomic E-state index is -0.644. The lowest BCUT2D eigenvalue weighted by atomic mass is 9.95. The zero-order valence-corrected chi connectivity index (χ0v) is 16.4. The van der Waals surface area contributed by atoms with Crippen LogP contribution in [0.4, 0.5) is 4.79 Å². The van der Waals surface area contributed by atoms with E-state index in [2.05, 4.69) is 10.6 Å². The molecular weight excluding hydrogens is 356 g/mol. The van der Waals surface area contributed by atoms with Crippen molar-refractivity contribution in [3.05, 3.63) is 40.1 Å². The van der Waals surface area contributed by atoms with Crippen molar-refractivity contribution in [2.75, 3.05) is 6.61 Å². The molecular formula is C19H25ClN2O4. The number of hydrogen-bond acceptors (Lipinski definition) is 4. The molecule has 1 aliphatic heterocycles. The summed E-state index contributed by atoms with van der Waals surface area (Å²) in [6, 6.07) is 4.18. The average Bonchev–Trinajstić information content (AvgIpc) is 2.53. The number of amides is 2. The monoisotopic (exact) mass is 380 g/mol. The SMILES string of the molecule is CC1=C(C(=O)OCC(C)C)C(c2ccc(OC(C)C)c(Cl)c2)NC(=O)N1. The second kappa shape index (κ2) is 8.45. The predicted molar refractivity (Wildman–Crippen MR) is 100 cm³/mol. The predicted octanol–water partition coefficient (Wildman–Crippen LogP) is 3.95. The molecule has 1 aliphatic rings. The standard InChI is InChI=1S/C19H25ClN2O4/c1-10(2)9-25-18(23)16-12(5)21-19(24)22-17(16)13-6-7-15(14(20)8-13)26-11(3)4/h6-8,10-11,17H,9H2,1-5H3,(H2,21,22,24). The first-order valence-electron chi connectivity index (χ1n) is 8.60. The van der Waals surface area contributed by atoms with Gasteiger partial charge in [0, 0.05) is 5.70 Å². The lowest BCUT2D eigenvalue weighted by Gasteiger charge is -2.28. The molecule has 0 radical (unpaired) electrons. The summed E-state index contributed by atoms with van der Waals surface area (Å²) in [6.07, 6.45) is -0.0133. The Kier molecular flexibility index (Phi) is 6.53. The van der Waals surface area contributed by atoms with Crippen molar-refractivity contribution in [1.82, 2.24) is 10.6 Å². The molecule has 2 N–H and O–H groups in total. The van der Waals surface area contributed by atoms with Gasteiger partial charge >= 0.3 is 12.0 Å². The van der Waals surface area contributed by atoms with E-state index in [1.807, 2.05) is 27.7 Å². The van der Waals surface area contributed by atoms with Gasteiger partial charge < -0.3 is 20.1 Å². The first-order valence-corrected chi connectivity index (χ1v) is 8.98. The molecule has 1 heterocycles. The molecule has 0 aliphatic carbocycles. The number of allylic oxidation sites excluding steroid dienone is 1. The Bertz CT molecular complexity index is 728. The Morgan fingerprint density at radius 2 is 1.96 bits per heavy atom. The van der Waals surface area contributed by atoms with Gasteiger partial charge in [-0.15, -0.1) is 0 Å². The third-order valence-electron chi connectivity index (χ3n) is 3.69. The molecule has 6 nitrogen and oxygen atoms in total. The summed E-state index contributed by atoms with van der Waals surface area (Å²) in [7, 11) is 0. The zero-order valence-electron chi connectivity index (χ0n) is 15.7. The van der Waals surface area contributed by atoms with Gasteiger partial charge in [0.05, 0.1) is 29.3 Å². The summed E-state index contributed by atoms with van der Waals surface area (Å²) < 4.78 is 11.0. The normalized spacial score (nSPS) is 17.2. The van der Waals surface area contributed by atoms with E-state index in [0.717, 1.165) is 0 Å². The van der Waals surface area contributed by atoms with Crippen LogP contribution in [-0.2, 0) is 9.53 Å².